The first-order valence-electron chi connectivity index (χ1n) is 7.82. The van der Waals surface area contributed by atoms with Crippen molar-refractivity contribution in [1.29, 1.82) is 0 Å². The minimum absolute atomic E-state index is 0.106. The van der Waals surface area contributed by atoms with Crippen molar-refractivity contribution in [1.82, 2.24) is 4.90 Å². The first kappa shape index (κ1) is 17.7. The minimum Gasteiger partial charge on any atom is -0.550 e. The average molecular weight is 330 g/mol. The molecule has 0 saturated carbocycles. The smallest absolute Gasteiger partial charge is 0.336 e. The Morgan fingerprint density at radius 2 is 1.92 bits per heavy atom. The van der Waals surface area contributed by atoms with Crippen LogP contribution in [-0.4, -0.2) is 29.4 Å². The summed E-state index contributed by atoms with van der Waals surface area (Å²) in [5, 5.41) is 11.3. The molecule has 0 saturated heterocycles. The maximum absolute atomic E-state index is 12.8. The molecule has 1 aliphatic rings. The molecule has 1 heterocycles. The molecule has 0 unspecified atom stereocenters. The van der Waals surface area contributed by atoms with Gasteiger partial charge in [0.1, 0.15) is 0 Å². The molecule has 128 valence electrons. The molecule has 0 bridgehead atoms. The summed E-state index contributed by atoms with van der Waals surface area (Å²) in [5.41, 5.74) is 1.42. The van der Waals surface area contributed by atoms with Crippen molar-refractivity contribution in [3.05, 3.63) is 47.2 Å². The molecule has 6 nitrogen and oxygen atoms in total. The lowest BCUT2D eigenvalue weighted by Gasteiger charge is -2.23. The molecular weight excluding hydrogens is 310 g/mol. The molecule has 2 atom stereocenters. The summed E-state index contributed by atoms with van der Waals surface area (Å²) >= 11 is 0. The summed E-state index contributed by atoms with van der Waals surface area (Å²) in [6.45, 7) is 5.08. The second kappa shape index (κ2) is 7.29. The van der Waals surface area contributed by atoms with E-state index in [-0.39, 0.29) is 18.7 Å². The molecule has 24 heavy (non-hydrogen) atoms. The number of carbonyl (C=O) groups is 3. The van der Waals surface area contributed by atoms with Gasteiger partial charge in [-0.15, -0.1) is 0 Å². The standard InChI is InChI=1S/C18H21NO5/c1-4-24-18(23)15-12(3)19(10-13-8-6-5-7-9-13)16(20)14(15)11(2)17(21)22/h5-9,11,14H,4,10H2,1-3H3,(H,21,22)/p-1/t11-,14+/m1/s1. The number of rotatable bonds is 6. The van der Waals surface area contributed by atoms with Crippen LogP contribution < -0.4 is 5.11 Å². The highest BCUT2D eigenvalue weighted by atomic mass is 16.5. The van der Waals surface area contributed by atoms with Crippen molar-refractivity contribution in [2.24, 2.45) is 11.8 Å². The Morgan fingerprint density at radius 3 is 2.46 bits per heavy atom. The highest BCUT2D eigenvalue weighted by Crippen LogP contribution is 2.36. The largest absolute Gasteiger partial charge is 0.550 e. The van der Waals surface area contributed by atoms with E-state index in [4.69, 9.17) is 4.74 Å². The van der Waals surface area contributed by atoms with E-state index in [1.807, 2.05) is 30.3 Å². The van der Waals surface area contributed by atoms with E-state index >= 15 is 0 Å². The van der Waals surface area contributed by atoms with E-state index in [2.05, 4.69) is 0 Å². The first-order chi connectivity index (χ1) is 11.4. The van der Waals surface area contributed by atoms with Crippen molar-refractivity contribution >= 4 is 17.8 Å². The molecule has 0 aromatic heterocycles. The lowest BCUT2D eigenvalue weighted by molar-refractivity contribution is -0.312. The Labute approximate surface area is 140 Å². The highest BCUT2D eigenvalue weighted by molar-refractivity contribution is 6.03. The third-order valence-electron chi connectivity index (χ3n) is 4.19. The SMILES string of the molecule is CCOC(=O)C1=C(C)N(Cc2ccccc2)C(=O)[C@H]1[C@@H](C)C(=O)[O-]. The number of carboxylic acids is 1. The Bertz CT molecular complexity index is 680. The zero-order chi connectivity index (χ0) is 17.9. The third-order valence-corrected chi connectivity index (χ3v) is 4.19. The third kappa shape index (κ3) is 3.32. The maximum Gasteiger partial charge on any atom is 0.336 e. The van der Waals surface area contributed by atoms with Crippen LogP contribution in [0.25, 0.3) is 0 Å². The summed E-state index contributed by atoms with van der Waals surface area (Å²) < 4.78 is 5.01. The van der Waals surface area contributed by atoms with E-state index in [0.717, 1.165) is 5.56 Å². The monoisotopic (exact) mass is 330 g/mol. The Kier molecular flexibility index (Phi) is 5.39. The molecule has 1 aliphatic heterocycles. The Hall–Kier alpha value is -2.63. The van der Waals surface area contributed by atoms with Crippen LogP contribution in [0.3, 0.4) is 0 Å². The molecule has 0 fully saturated rings. The molecule has 1 amide bonds. The van der Waals surface area contributed by atoms with E-state index in [9.17, 15) is 19.5 Å². The zero-order valence-electron chi connectivity index (χ0n) is 13.9. The van der Waals surface area contributed by atoms with Crippen LogP contribution in [0.4, 0.5) is 0 Å². The molecule has 0 N–H and O–H groups in total. The van der Waals surface area contributed by atoms with E-state index in [0.29, 0.717) is 5.70 Å². The summed E-state index contributed by atoms with van der Waals surface area (Å²) in [6.07, 6.45) is 0. The minimum atomic E-state index is -1.37. The number of allylic oxidation sites excluding steroid dienone is 1. The van der Waals surface area contributed by atoms with Gasteiger partial charge in [0.25, 0.3) is 0 Å². The van der Waals surface area contributed by atoms with Crippen LogP contribution in [-0.2, 0) is 25.7 Å². The van der Waals surface area contributed by atoms with E-state index in [1.54, 1.807) is 13.8 Å². The molecule has 0 radical (unpaired) electrons. The normalized spacial score (nSPS) is 18.7. The van der Waals surface area contributed by atoms with Crippen LogP contribution in [0.1, 0.15) is 26.3 Å². The first-order valence-corrected chi connectivity index (χ1v) is 7.82. The van der Waals surface area contributed by atoms with Crippen LogP contribution in [0.2, 0.25) is 0 Å². The molecule has 1 aromatic rings. The number of ether oxygens (including phenoxy) is 1. The van der Waals surface area contributed by atoms with Gasteiger partial charge in [0.05, 0.1) is 24.6 Å². The van der Waals surface area contributed by atoms with Gasteiger partial charge in [-0.25, -0.2) is 4.79 Å². The molecule has 2 rings (SSSR count). The quantitative estimate of drug-likeness (QED) is 0.722. The second-order valence-corrected chi connectivity index (χ2v) is 5.71. The van der Waals surface area contributed by atoms with Gasteiger partial charge in [-0.1, -0.05) is 37.3 Å². The summed E-state index contributed by atoms with van der Waals surface area (Å²) in [5.74, 6) is -4.65. The fourth-order valence-corrected chi connectivity index (χ4v) is 2.87. The summed E-state index contributed by atoms with van der Waals surface area (Å²) in [7, 11) is 0. The molecule has 6 heteroatoms. The van der Waals surface area contributed by atoms with Gasteiger partial charge >= 0.3 is 5.97 Å². The number of aliphatic carboxylic acids is 1. The number of amides is 1. The van der Waals surface area contributed by atoms with Crippen molar-refractivity contribution in [2.75, 3.05) is 6.61 Å². The molecule has 1 aromatic carbocycles. The van der Waals surface area contributed by atoms with Gasteiger partial charge in [-0.3, -0.25) is 4.79 Å². The number of hydrogen-bond donors (Lipinski definition) is 0. The van der Waals surface area contributed by atoms with Gasteiger partial charge in [0.2, 0.25) is 5.91 Å². The summed E-state index contributed by atoms with van der Waals surface area (Å²) in [6, 6.07) is 9.29. The fourth-order valence-electron chi connectivity index (χ4n) is 2.87. The van der Waals surface area contributed by atoms with Crippen LogP contribution in [0.5, 0.6) is 0 Å². The molecule has 0 aliphatic carbocycles. The summed E-state index contributed by atoms with van der Waals surface area (Å²) in [4.78, 5) is 37.7. The lowest BCUT2D eigenvalue weighted by atomic mass is 9.87. The molecule has 0 spiro atoms. The number of carboxylic acid groups (broad SMARTS) is 1. The van der Waals surface area contributed by atoms with Gasteiger partial charge in [-0.05, 0) is 19.4 Å². The molecular formula is C18H20NO5-. The van der Waals surface area contributed by atoms with Crippen molar-refractivity contribution in [2.45, 2.75) is 27.3 Å². The predicted molar refractivity (Wildman–Crippen MR) is 84.0 cm³/mol. The van der Waals surface area contributed by atoms with E-state index < -0.39 is 29.7 Å². The van der Waals surface area contributed by atoms with Crippen LogP contribution >= 0.6 is 0 Å². The Morgan fingerprint density at radius 1 is 1.29 bits per heavy atom. The van der Waals surface area contributed by atoms with Gasteiger partial charge in [0.15, 0.2) is 0 Å². The van der Waals surface area contributed by atoms with Gasteiger partial charge in [-0.2, -0.15) is 0 Å². The van der Waals surface area contributed by atoms with Gasteiger partial charge in [0, 0.05) is 17.6 Å². The highest BCUT2D eigenvalue weighted by Gasteiger charge is 2.44. The van der Waals surface area contributed by atoms with Crippen molar-refractivity contribution < 1.29 is 24.2 Å². The van der Waals surface area contributed by atoms with E-state index in [1.165, 1.54) is 11.8 Å². The number of nitrogens with zero attached hydrogens (tertiary/aromatic N) is 1. The number of hydrogen-bond acceptors (Lipinski definition) is 5. The maximum atomic E-state index is 12.8. The van der Waals surface area contributed by atoms with Crippen LogP contribution in [0.15, 0.2) is 41.6 Å². The van der Waals surface area contributed by atoms with Crippen LogP contribution in [0, 0.1) is 11.8 Å². The Balaban J connectivity index is 2.40. The van der Waals surface area contributed by atoms with Crippen molar-refractivity contribution in [3.63, 3.8) is 0 Å². The average Bonchev–Trinajstić information content (AvgIpc) is 2.80. The predicted octanol–water partition coefficient (Wildman–Crippen LogP) is 0.868. The number of esters is 1. The zero-order valence-corrected chi connectivity index (χ0v) is 13.9. The fraction of sp³-hybridized carbons (Fsp3) is 0.389. The topological polar surface area (TPSA) is 86.7 Å². The number of benzene rings is 1. The second-order valence-electron chi connectivity index (χ2n) is 5.71. The van der Waals surface area contributed by atoms with Gasteiger partial charge < -0.3 is 19.5 Å². The lowest BCUT2D eigenvalue weighted by Crippen LogP contribution is -2.40. The number of carbonyl (C=O) groups excluding carboxylic acids is 3. The van der Waals surface area contributed by atoms with Crippen molar-refractivity contribution in [3.8, 4) is 0 Å².